The van der Waals surface area contributed by atoms with Crippen LogP contribution in [0.5, 0.6) is 5.88 Å². The lowest BCUT2D eigenvalue weighted by atomic mass is 9.88. The molecule has 8 rings (SSSR count). The molecule has 2 aromatic carbocycles. The minimum atomic E-state index is -4.95. The molecule has 1 N–H and O–H groups in total. The highest BCUT2D eigenvalue weighted by molar-refractivity contribution is 6.06. The van der Waals surface area contributed by atoms with E-state index in [-0.39, 0.29) is 42.3 Å². The van der Waals surface area contributed by atoms with Crippen molar-refractivity contribution in [3.63, 3.8) is 0 Å². The van der Waals surface area contributed by atoms with E-state index in [1.165, 1.54) is 35.4 Å². The van der Waals surface area contributed by atoms with E-state index in [4.69, 9.17) is 15.0 Å². The average molecular weight is 803 g/mol. The molecule has 0 saturated carbocycles. The topological polar surface area (TPSA) is 125 Å². The summed E-state index contributed by atoms with van der Waals surface area (Å²) in [4.78, 5) is 52.6. The Morgan fingerprint density at radius 1 is 0.879 bits per heavy atom. The summed E-state index contributed by atoms with van der Waals surface area (Å²) in [5.74, 6) is -0.648. The molecule has 5 aliphatic rings. The molecule has 0 bridgehead atoms. The van der Waals surface area contributed by atoms with Crippen LogP contribution in [-0.2, 0) is 22.3 Å². The molecule has 306 valence electrons. The lowest BCUT2D eigenvalue weighted by molar-refractivity contribution is -0.140. The summed E-state index contributed by atoms with van der Waals surface area (Å²) in [7, 11) is 1.49. The minimum absolute atomic E-state index is 0.110. The van der Waals surface area contributed by atoms with Gasteiger partial charge in [0, 0.05) is 77.6 Å². The number of nitrogens with zero attached hydrogens (tertiary/aromatic N) is 7. The first kappa shape index (κ1) is 39.4. The van der Waals surface area contributed by atoms with E-state index in [0.717, 1.165) is 76.1 Å². The number of imide groups is 1. The third-order valence-corrected chi connectivity index (χ3v) is 12.6. The number of carbonyl (C=O) groups is 3. The molecule has 4 saturated heterocycles. The molecule has 1 aromatic heterocycles. The van der Waals surface area contributed by atoms with Crippen molar-refractivity contribution in [3.05, 3.63) is 76.1 Å². The SMILES string of the molecule is COc1nc(N2CCN(CC3CCN(c4ccc(C5CCN(c6ccc(C#N)c(C(F)(F)F)c6F)CC5)cc4)CC3)CC2)cc2c1C(=O)N(C1CCC(=O)NC1=O)C2. The van der Waals surface area contributed by atoms with E-state index in [9.17, 15) is 27.6 Å². The highest BCUT2D eigenvalue weighted by Crippen LogP contribution is 2.40. The fraction of sp³-hybridized carbons (Fsp3) is 0.500. The van der Waals surface area contributed by atoms with Crippen LogP contribution >= 0.6 is 0 Å². The van der Waals surface area contributed by atoms with E-state index in [2.05, 4.69) is 44.3 Å². The van der Waals surface area contributed by atoms with Gasteiger partial charge < -0.3 is 24.3 Å². The number of alkyl halides is 3. The maximum absolute atomic E-state index is 15.0. The summed E-state index contributed by atoms with van der Waals surface area (Å²) in [5, 5.41) is 11.4. The number of nitrogens with one attached hydrogen (secondary N) is 1. The molecule has 0 aliphatic carbocycles. The molecule has 5 aliphatic heterocycles. The van der Waals surface area contributed by atoms with Crippen LogP contribution < -0.4 is 24.8 Å². The third kappa shape index (κ3) is 7.76. The van der Waals surface area contributed by atoms with Crippen LogP contribution in [0.1, 0.15) is 77.1 Å². The van der Waals surface area contributed by atoms with Gasteiger partial charge in [-0.05, 0) is 85.4 Å². The number of carbonyl (C=O) groups excluding carboxylic acids is 3. The van der Waals surface area contributed by atoms with Crippen LogP contribution in [0.3, 0.4) is 0 Å². The lowest BCUT2D eigenvalue weighted by Gasteiger charge is -2.40. The molecule has 3 amide bonds. The molecular formula is C42H46F4N8O4. The van der Waals surface area contributed by atoms with Gasteiger partial charge in [0.1, 0.15) is 23.0 Å². The Labute approximate surface area is 334 Å². The van der Waals surface area contributed by atoms with Gasteiger partial charge in [-0.25, -0.2) is 4.39 Å². The zero-order valence-corrected chi connectivity index (χ0v) is 32.4. The van der Waals surface area contributed by atoms with Gasteiger partial charge in [-0.2, -0.15) is 23.4 Å². The Balaban J connectivity index is 0.797. The highest BCUT2D eigenvalue weighted by Gasteiger charge is 2.42. The van der Waals surface area contributed by atoms with E-state index in [1.807, 2.05) is 6.07 Å². The van der Waals surface area contributed by atoms with Crippen molar-refractivity contribution in [2.24, 2.45) is 5.92 Å². The molecule has 0 radical (unpaired) electrons. The summed E-state index contributed by atoms with van der Waals surface area (Å²) >= 11 is 0. The van der Waals surface area contributed by atoms with Gasteiger partial charge in [0.05, 0.1) is 24.4 Å². The number of rotatable bonds is 8. The Morgan fingerprint density at radius 3 is 2.21 bits per heavy atom. The number of piperidine rings is 3. The van der Waals surface area contributed by atoms with E-state index in [0.29, 0.717) is 43.8 Å². The second-order valence-electron chi connectivity index (χ2n) is 15.9. The summed E-state index contributed by atoms with van der Waals surface area (Å²) in [5.41, 5.74) is 1.18. The van der Waals surface area contributed by atoms with Crippen LogP contribution in [-0.4, -0.2) is 105 Å². The molecule has 0 spiro atoms. The van der Waals surface area contributed by atoms with E-state index >= 15 is 4.39 Å². The van der Waals surface area contributed by atoms with Gasteiger partial charge in [0.2, 0.25) is 17.7 Å². The maximum Gasteiger partial charge on any atom is 0.420 e. The van der Waals surface area contributed by atoms with Gasteiger partial charge in [0.15, 0.2) is 5.82 Å². The molecule has 1 atom stereocenters. The average Bonchev–Trinajstić information content (AvgIpc) is 3.56. The minimum Gasteiger partial charge on any atom is -0.480 e. The van der Waals surface area contributed by atoms with Crippen molar-refractivity contribution in [2.75, 3.05) is 80.7 Å². The number of piperazine rings is 1. The first-order valence-electron chi connectivity index (χ1n) is 20.0. The lowest BCUT2D eigenvalue weighted by Crippen LogP contribution is -2.52. The summed E-state index contributed by atoms with van der Waals surface area (Å²) < 4.78 is 61.2. The number of methoxy groups -OCH3 is 1. The first-order valence-corrected chi connectivity index (χ1v) is 20.0. The highest BCUT2D eigenvalue weighted by atomic mass is 19.4. The number of pyridine rings is 1. The van der Waals surface area contributed by atoms with Crippen molar-refractivity contribution in [2.45, 2.75) is 63.2 Å². The zero-order chi connectivity index (χ0) is 40.7. The van der Waals surface area contributed by atoms with Crippen molar-refractivity contribution < 1.29 is 36.7 Å². The molecule has 4 fully saturated rings. The monoisotopic (exact) mass is 802 g/mol. The number of ether oxygens (including phenoxy) is 1. The Hall–Kier alpha value is -5.43. The predicted molar refractivity (Wildman–Crippen MR) is 207 cm³/mol. The summed E-state index contributed by atoms with van der Waals surface area (Å²) in [6.07, 6.45) is -0.919. The second kappa shape index (κ2) is 16.1. The molecule has 3 aromatic rings. The zero-order valence-electron chi connectivity index (χ0n) is 32.4. The number of fused-ring (bicyclic) bond motifs is 1. The van der Waals surface area contributed by atoms with Crippen LogP contribution in [0.15, 0.2) is 42.5 Å². The number of amides is 3. The molecule has 58 heavy (non-hydrogen) atoms. The molecule has 12 nitrogen and oxygen atoms in total. The van der Waals surface area contributed by atoms with E-state index in [1.54, 1.807) is 4.90 Å². The Bertz CT molecular complexity index is 2100. The number of hydrogen-bond acceptors (Lipinski definition) is 10. The first-order chi connectivity index (χ1) is 27.9. The number of nitriles is 1. The molecule has 6 heterocycles. The second-order valence-corrected chi connectivity index (χ2v) is 15.9. The molecule has 1 unspecified atom stereocenters. The van der Waals surface area contributed by atoms with Crippen molar-refractivity contribution >= 4 is 34.9 Å². The van der Waals surface area contributed by atoms with Gasteiger partial charge in [-0.3, -0.25) is 24.6 Å². The van der Waals surface area contributed by atoms with Crippen LogP contribution in [0.2, 0.25) is 0 Å². The fourth-order valence-corrected chi connectivity index (χ4v) is 9.34. The number of hydrogen-bond donors (Lipinski definition) is 1. The van der Waals surface area contributed by atoms with Crippen LogP contribution in [0.25, 0.3) is 0 Å². The number of aromatic nitrogens is 1. The largest absolute Gasteiger partial charge is 0.480 e. The molecule has 16 heteroatoms. The van der Waals surface area contributed by atoms with Gasteiger partial charge in [-0.1, -0.05) is 12.1 Å². The van der Waals surface area contributed by atoms with E-state index < -0.39 is 35.1 Å². The van der Waals surface area contributed by atoms with Crippen molar-refractivity contribution in [3.8, 4) is 11.9 Å². The summed E-state index contributed by atoms with van der Waals surface area (Å²) in [6.45, 7) is 7.41. The van der Waals surface area contributed by atoms with Crippen LogP contribution in [0, 0.1) is 23.1 Å². The molecular weight excluding hydrogens is 757 g/mol. The fourth-order valence-electron chi connectivity index (χ4n) is 9.34. The van der Waals surface area contributed by atoms with Gasteiger partial charge in [0.25, 0.3) is 5.91 Å². The quantitative estimate of drug-likeness (QED) is 0.237. The smallest absolute Gasteiger partial charge is 0.420 e. The number of anilines is 3. The van der Waals surface area contributed by atoms with Crippen LogP contribution in [0.4, 0.5) is 34.8 Å². The standard InChI is InChI=1S/C42H46F4N8O4/c1-58-40-36-30(25-54(41(36)57)33-8-9-35(55)49-39(33)56)22-34(48-40)53-20-18-50(19-21-53)24-26-10-14-51(15-11-26)31-5-2-27(3-6-31)28-12-16-52(17-13-28)32-7-4-29(23-47)37(38(32)43)42(44,45)46/h2-7,22,26,28,33H,8-21,24-25H2,1H3,(H,49,55,56). The maximum atomic E-state index is 15.0. The summed E-state index contributed by atoms with van der Waals surface area (Å²) in [6, 6.07) is 13.6. The number of benzene rings is 2. The van der Waals surface area contributed by atoms with Gasteiger partial charge in [-0.15, -0.1) is 0 Å². The Morgan fingerprint density at radius 2 is 1.57 bits per heavy atom. The predicted octanol–water partition coefficient (Wildman–Crippen LogP) is 5.30. The van der Waals surface area contributed by atoms with Gasteiger partial charge >= 0.3 is 6.18 Å². The Kier molecular flexibility index (Phi) is 10.9. The van der Waals surface area contributed by atoms with Crippen molar-refractivity contribution in [1.82, 2.24) is 20.1 Å². The normalized spacial score (nSPS) is 21.3. The third-order valence-electron chi connectivity index (χ3n) is 12.6. The number of halogens is 4. The van der Waals surface area contributed by atoms with Crippen molar-refractivity contribution in [1.29, 1.82) is 5.26 Å².